The van der Waals surface area contributed by atoms with Crippen molar-refractivity contribution in [3.63, 3.8) is 0 Å². The van der Waals surface area contributed by atoms with Crippen molar-refractivity contribution in [2.24, 2.45) is 0 Å². The first-order valence-corrected chi connectivity index (χ1v) is 10.2. The zero-order chi connectivity index (χ0) is 20.4. The lowest BCUT2D eigenvalue weighted by molar-refractivity contribution is -0.135. The summed E-state index contributed by atoms with van der Waals surface area (Å²) in [5.74, 6) is 0.923. The van der Waals surface area contributed by atoms with E-state index in [9.17, 15) is 14.7 Å². The lowest BCUT2D eigenvalue weighted by Gasteiger charge is -2.34. The molecular formula is C22H26N4O3. The van der Waals surface area contributed by atoms with Gasteiger partial charge in [-0.05, 0) is 50.8 Å². The highest BCUT2D eigenvalue weighted by Crippen LogP contribution is 2.31. The Balaban J connectivity index is 1.44. The molecule has 29 heavy (non-hydrogen) atoms. The van der Waals surface area contributed by atoms with Gasteiger partial charge in [-0.2, -0.15) is 0 Å². The van der Waals surface area contributed by atoms with Crippen LogP contribution < -0.4 is 5.56 Å². The first kappa shape index (κ1) is 19.2. The number of piperidine rings is 1. The maximum Gasteiger partial charge on any atom is 0.254 e. The van der Waals surface area contributed by atoms with E-state index in [4.69, 9.17) is 4.98 Å². The number of aromatic nitrogens is 3. The smallest absolute Gasteiger partial charge is 0.254 e. The number of carbonyl (C=O) groups is 1. The molecule has 0 saturated carbocycles. The molecule has 1 amide bonds. The molecule has 1 atom stereocenters. The number of imidazole rings is 1. The monoisotopic (exact) mass is 394 g/mol. The molecule has 1 saturated heterocycles. The third-order valence-corrected chi connectivity index (χ3v) is 5.64. The minimum atomic E-state index is -0.243. The number of nitrogens with one attached hydrogen (secondary N) is 1. The Morgan fingerprint density at radius 3 is 2.90 bits per heavy atom. The topological polar surface area (TPSA) is 91.2 Å². The molecule has 3 heterocycles. The lowest BCUT2D eigenvalue weighted by atomic mass is 10.0. The second kappa shape index (κ2) is 8.11. The Morgan fingerprint density at radius 2 is 2.10 bits per heavy atom. The summed E-state index contributed by atoms with van der Waals surface area (Å²) in [5.41, 5.74) is 2.36. The summed E-state index contributed by atoms with van der Waals surface area (Å²) in [6.07, 6.45) is 3.94. The zero-order valence-corrected chi connectivity index (χ0v) is 16.6. The number of aromatic amines is 1. The van der Waals surface area contributed by atoms with E-state index in [2.05, 4.69) is 4.98 Å². The molecule has 1 aliphatic rings. The van der Waals surface area contributed by atoms with Crippen LogP contribution in [-0.4, -0.2) is 37.0 Å². The molecule has 2 N–H and O–H groups in total. The van der Waals surface area contributed by atoms with Crippen molar-refractivity contribution >= 4 is 16.9 Å². The van der Waals surface area contributed by atoms with Gasteiger partial charge in [0.25, 0.3) is 5.56 Å². The number of aromatic hydroxyl groups is 1. The van der Waals surface area contributed by atoms with E-state index < -0.39 is 0 Å². The minimum Gasteiger partial charge on any atom is -0.508 e. The fourth-order valence-electron chi connectivity index (χ4n) is 4.18. The van der Waals surface area contributed by atoms with E-state index in [1.807, 2.05) is 29.2 Å². The predicted octanol–water partition coefficient (Wildman–Crippen LogP) is 3.27. The molecular weight excluding hydrogens is 368 g/mol. The molecule has 1 aliphatic heterocycles. The molecule has 7 nitrogen and oxygen atoms in total. The Morgan fingerprint density at radius 1 is 1.28 bits per heavy atom. The van der Waals surface area contributed by atoms with Crippen LogP contribution in [0.3, 0.4) is 0 Å². The predicted molar refractivity (Wildman–Crippen MR) is 111 cm³/mol. The summed E-state index contributed by atoms with van der Waals surface area (Å²) in [4.78, 5) is 35.0. The number of likely N-dealkylation sites (tertiary alicyclic amines) is 1. The van der Waals surface area contributed by atoms with E-state index in [1.165, 1.54) is 6.07 Å². The molecule has 0 aliphatic carbocycles. The number of benzene rings is 1. The van der Waals surface area contributed by atoms with E-state index in [0.717, 1.165) is 42.7 Å². The van der Waals surface area contributed by atoms with Crippen LogP contribution in [0.2, 0.25) is 0 Å². The van der Waals surface area contributed by atoms with Crippen molar-refractivity contribution in [3.8, 4) is 5.75 Å². The average molecular weight is 394 g/mol. The van der Waals surface area contributed by atoms with Crippen LogP contribution in [0.4, 0.5) is 0 Å². The zero-order valence-electron chi connectivity index (χ0n) is 16.6. The number of aryl methyl sites for hydroxylation is 1. The number of carbonyl (C=O) groups excluding carboxylic acids is 1. The Labute approximate surface area is 169 Å². The highest BCUT2D eigenvalue weighted by atomic mass is 16.3. The Hall–Kier alpha value is -3.09. The SMILES string of the molecule is Cc1cc(O)cc(=O)n1CCCC(=O)N1CCCC[C@@H]1c1nc2ccccc2[nH]1. The first-order valence-electron chi connectivity index (χ1n) is 10.2. The van der Waals surface area contributed by atoms with E-state index >= 15 is 0 Å². The molecule has 3 aromatic rings. The van der Waals surface area contributed by atoms with Gasteiger partial charge in [0.05, 0.1) is 17.1 Å². The standard InChI is InChI=1S/C22H26N4O3/c1-15-13-16(27)14-21(29)25(15)12-6-10-20(28)26-11-5-4-9-19(26)22-23-17-7-2-3-8-18(17)24-22/h2-3,7-8,13-14,19,27H,4-6,9-12H2,1H3,(H,23,24)/t19-/m1/s1. The van der Waals surface area contributed by atoms with Crippen LogP contribution in [-0.2, 0) is 11.3 Å². The molecule has 1 fully saturated rings. The van der Waals surface area contributed by atoms with Crippen molar-refractivity contribution < 1.29 is 9.90 Å². The molecule has 1 aromatic carbocycles. The number of hydrogen-bond acceptors (Lipinski definition) is 4. The molecule has 0 spiro atoms. The van der Waals surface area contributed by atoms with Gasteiger partial charge in [-0.15, -0.1) is 0 Å². The summed E-state index contributed by atoms with van der Waals surface area (Å²) in [5, 5.41) is 9.51. The van der Waals surface area contributed by atoms with Gasteiger partial charge in [0, 0.05) is 31.3 Å². The van der Waals surface area contributed by atoms with Crippen LogP contribution >= 0.6 is 0 Å². The first-order chi connectivity index (χ1) is 14.0. The summed E-state index contributed by atoms with van der Waals surface area (Å²) < 4.78 is 1.60. The Bertz CT molecular complexity index is 1050. The van der Waals surface area contributed by atoms with Gasteiger partial charge < -0.3 is 19.6 Å². The highest BCUT2D eigenvalue weighted by Gasteiger charge is 2.29. The van der Waals surface area contributed by atoms with Gasteiger partial charge in [-0.25, -0.2) is 4.98 Å². The van der Waals surface area contributed by atoms with Gasteiger partial charge in [0.1, 0.15) is 11.6 Å². The fourth-order valence-corrected chi connectivity index (χ4v) is 4.18. The number of amides is 1. The highest BCUT2D eigenvalue weighted by molar-refractivity contribution is 5.78. The molecule has 0 bridgehead atoms. The van der Waals surface area contributed by atoms with Crippen LogP contribution in [0.5, 0.6) is 5.75 Å². The molecule has 4 rings (SSSR count). The number of para-hydroxylation sites is 2. The largest absolute Gasteiger partial charge is 0.508 e. The Kier molecular flexibility index (Phi) is 5.38. The number of H-pyrrole nitrogens is 1. The number of fused-ring (bicyclic) bond motifs is 1. The van der Waals surface area contributed by atoms with E-state index in [0.29, 0.717) is 25.1 Å². The maximum absolute atomic E-state index is 13.0. The number of pyridine rings is 1. The summed E-state index contributed by atoms with van der Waals surface area (Å²) in [6.45, 7) is 2.98. The third kappa shape index (κ3) is 4.04. The van der Waals surface area contributed by atoms with Gasteiger partial charge >= 0.3 is 0 Å². The summed E-state index contributed by atoms with van der Waals surface area (Å²) >= 11 is 0. The average Bonchev–Trinajstić information content (AvgIpc) is 3.14. The molecule has 0 radical (unpaired) electrons. The second-order valence-corrected chi connectivity index (χ2v) is 7.69. The van der Waals surface area contributed by atoms with Gasteiger partial charge in [-0.3, -0.25) is 9.59 Å². The third-order valence-electron chi connectivity index (χ3n) is 5.64. The minimum absolute atomic E-state index is 0.0261. The molecule has 152 valence electrons. The van der Waals surface area contributed by atoms with Crippen LogP contribution in [0.25, 0.3) is 11.0 Å². The number of nitrogens with zero attached hydrogens (tertiary/aromatic N) is 3. The van der Waals surface area contributed by atoms with Gasteiger partial charge in [0.15, 0.2) is 0 Å². The number of hydrogen-bond donors (Lipinski definition) is 2. The second-order valence-electron chi connectivity index (χ2n) is 7.69. The lowest BCUT2D eigenvalue weighted by Crippen LogP contribution is -2.39. The van der Waals surface area contributed by atoms with Crippen LogP contribution in [0, 0.1) is 6.92 Å². The van der Waals surface area contributed by atoms with Gasteiger partial charge in [0.2, 0.25) is 5.91 Å². The molecule has 7 heteroatoms. The molecule has 0 unspecified atom stereocenters. The van der Waals surface area contributed by atoms with Crippen molar-refractivity contribution in [3.05, 3.63) is 58.3 Å². The fraction of sp³-hybridized carbons (Fsp3) is 0.409. The van der Waals surface area contributed by atoms with E-state index in [-0.39, 0.29) is 23.3 Å². The summed E-state index contributed by atoms with van der Waals surface area (Å²) in [6, 6.07) is 10.6. The van der Waals surface area contributed by atoms with Gasteiger partial charge in [-0.1, -0.05) is 12.1 Å². The molecule has 2 aromatic heterocycles. The maximum atomic E-state index is 13.0. The van der Waals surface area contributed by atoms with Crippen molar-refractivity contribution in [2.45, 2.75) is 51.6 Å². The normalized spacial score (nSPS) is 17.0. The number of rotatable bonds is 5. The van der Waals surface area contributed by atoms with Crippen LogP contribution in [0.15, 0.2) is 41.2 Å². The van der Waals surface area contributed by atoms with Crippen LogP contribution in [0.1, 0.15) is 49.7 Å². The van der Waals surface area contributed by atoms with Crippen molar-refractivity contribution in [1.82, 2.24) is 19.4 Å². The quantitative estimate of drug-likeness (QED) is 0.695. The van der Waals surface area contributed by atoms with Crippen molar-refractivity contribution in [2.75, 3.05) is 6.54 Å². The van der Waals surface area contributed by atoms with E-state index in [1.54, 1.807) is 17.6 Å². The van der Waals surface area contributed by atoms with Crippen molar-refractivity contribution in [1.29, 1.82) is 0 Å². The summed E-state index contributed by atoms with van der Waals surface area (Å²) in [7, 11) is 0.